The Hall–Kier alpha value is -2.09. The van der Waals surface area contributed by atoms with Crippen LogP contribution in [0.5, 0.6) is 5.75 Å². The van der Waals surface area contributed by atoms with Crippen molar-refractivity contribution in [2.45, 2.75) is 0 Å². The van der Waals surface area contributed by atoms with E-state index >= 15 is 0 Å². The molecule has 1 aromatic rings. The van der Waals surface area contributed by atoms with Crippen LogP contribution in [0.15, 0.2) is 12.1 Å². The summed E-state index contributed by atoms with van der Waals surface area (Å²) in [6.45, 7) is 0. The molecule has 1 rings (SSSR count). The number of nitriles is 1. The first-order chi connectivity index (χ1) is 5.65. The van der Waals surface area contributed by atoms with E-state index in [1.807, 2.05) is 0 Å². The molecule has 0 amide bonds. The Labute approximate surface area is 67.5 Å². The van der Waals surface area contributed by atoms with Gasteiger partial charge in [0.25, 0.3) is 0 Å². The number of rotatable bonds is 1. The van der Waals surface area contributed by atoms with Crippen LogP contribution in [0, 0.1) is 11.3 Å². The van der Waals surface area contributed by atoms with E-state index in [1.54, 1.807) is 6.07 Å². The first-order valence-electron chi connectivity index (χ1n) is 2.98. The number of aromatic nitrogens is 1. The predicted octanol–water partition coefficient (Wildman–Crippen LogP) is 0.357. The molecule has 0 atom stereocenters. The monoisotopic (exact) mass is 164 g/mol. The number of pyridine rings is 1. The van der Waals surface area contributed by atoms with Crippen molar-refractivity contribution in [1.29, 1.82) is 5.26 Å². The Morgan fingerprint density at radius 3 is 2.75 bits per heavy atom. The molecule has 0 saturated heterocycles. The average molecular weight is 164 g/mol. The maximum absolute atomic E-state index is 10.4. The third-order valence-electron chi connectivity index (χ3n) is 1.19. The van der Waals surface area contributed by atoms with Gasteiger partial charge < -0.3 is 10.2 Å². The van der Waals surface area contributed by atoms with Crippen molar-refractivity contribution in [2.75, 3.05) is 0 Å². The van der Waals surface area contributed by atoms with Gasteiger partial charge >= 0.3 is 5.97 Å². The molecule has 0 aliphatic carbocycles. The van der Waals surface area contributed by atoms with E-state index in [-0.39, 0.29) is 5.69 Å². The van der Waals surface area contributed by atoms with Crippen LogP contribution in [0.2, 0.25) is 0 Å². The van der Waals surface area contributed by atoms with Crippen LogP contribution in [0.3, 0.4) is 0 Å². The van der Waals surface area contributed by atoms with Crippen molar-refractivity contribution in [2.24, 2.45) is 0 Å². The van der Waals surface area contributed by atoms with Gasteiger partial charge in [0, 0.05) is 0 Å². The van der Waals surface area contributed by atoms with Crippen LogP contribution < -0.4 is 0 Å². The molecule has 0 radical (unpaired) electrons. The fourth-order valence-electron chi connectivity index (χ4n) is 0.671. The number of carbonyl (C=O) groups is 1. The van der Waals surface area contributed by atoms with Gasteiger partial charge in [-0.05, 0) is 12.1 Å². The maximum Gasteiger partial charge on any atom is 0.358 e. The quantitative estimate of drug-likeness (QED) is 0.624. The fraction of sp³-hybridized carbons (Fsp3) is 0. The van der Waals surface area contributed by atoms with E-state index in [0.717, 1.165) is 6.07 Å². The van der Waals surface area contributed by atoms with Crippen LogP contribution in [-0.4, -0.2) is 21.2 Å². The van der Waals surface area contributed by atoms with Gasteiger partial charge in [-0.2, -0.15) is 5.26 Å². The maximum atomic E-state index is 10.4. The lowest BCUT2D eigenvalue weighted by atomic mass is 10.3. The molecule has 0 aliphatic heterocycles. The topological polar surface area (TPSA) is 94.2 Å². The molecule has 0 aliphatic rings. The summed E-state index contributed by atoms with van der Waals surface area (Å²) in [5.74, 6) is -1.80. The molecular formula is C7H4N2O3. The molecule has 0 spiro atoms. The summed E-state index contributed by atoms with van der Waals surface area (Å²) < 4.78 is 0. The van der Waals surface area contributed by atoms with Gasteiger partial charge in [-0.25, -0.2) is 9.78 Å². The molecule has 0 aromatic carbocycles. The van der Waals surface area contributed by atoms with Crippen molar-refractivity contribution in [1.82, 2.24) is 4.98 Å². The van der Waals surface area contributed by atoms with Gasteiger partial charge in [0.1, 0.15) is 17.5 Å². The Morgan fingerprint density at radius 2 is 2.25 bits per heavy atom. The number of hydrogen-bond donors (Lipinski definition) is 2. The van der Waals surface area contributed by atoms with Gasteiger partial charge in [-0.15, -0.1) is 0 Å². The molecule has 5 nitrogen and oxygen atoms in total. The molecule has 5 heteroatoms. The summed E-state index contributed by atoms with van der Waals surface area (Å²) in [4.78, 5) is 13.7. The lowest BCUT2D eigenvalue weighted by molar-refractivity contribution is 0.0687. The number of hydrogen-bond acceptors (Lipinski definition) is 4. The molecule has 1 aromatic heterocycles. The second-order valence-electron chi connectivity index (χ2n) is 1.98. The first kappa shape index (κ1) is 8.01. The summed E-state index contributed by atoms with van der Waals surface area (Å²) in [6.07, 6.45) is 0. The van der Waals surface area contributed by atoms with Gasteiger partial charge in [0.2, 0.25) is 0 Å². The van der Waals surface area contributed by atoms with Gasteiger partial charge in [0.15, 0.2) is 5.69 Å². The van der Waals surface area contributed by atoms with Crippen LogP contribution in [0.4, 0.5) is 0 Å². The molecule has 60 valence electrons. The molecular weight excluding hydrogens is 160 g/mol. The van der Waals surface area contributed by atoms with Crippen molar-refractivity contribution in [3.8, 4) is 11.8 Å². The number of carboxylic acids is 1. The predicted molar refractivity (Wildman–Crippen MR) is 37.6 cm³/mol. The minimum absolute atomic E-state index is 0.0369. The van der Waals surface area contributed by atoms with Gasteiger partial charge in [-0.1, -0.05) is 0 Å². The van der Waals surface area contributed by atoms with Crippen LogP contribution >= 0.6 is 0 Å². The van der Waals surface area contributed by atoms with Gasteiger partial charge in [-0.3, -0.25) is 0 Å². The highest BCUT2D eigenvalue weighted by Gasteiger charge is 2.11. The second kappa shape index (κ2) is 2.88. The van der Waals surface area contributed by atoms with Crippen molar-refractivity contribution in [3.63, 3.8) is 0 Å². The van der Waals surface area contributed by atoms with Crippen LogP contribution in [-0.2, 0) is 0 Å². The Balaban J connectivity index is 3.28. The third-order valence-corrected chi connectivity index (χ3v) is 1.19. The molecule has 0 fully saturated rings. The molecule has 0 bridgehead atoms. The van der Waals surface area contributed by atoms with E-state index in [1.165, 1.54) is 6.07 Å². The van der Waals surface area contributed by atoms with E-state index in [9.17, 15) is 4.79 Å². The summed E-state index contributed by atoms with van der Waals surface area (Å²) >= 11 is 0. The first-order valence-corrected chi connectivity index (χ1v) is 2.98. The summed E-state index contributed by atoms with van der Waals surface area (Å²) in [6, 6.07) is 4.02. The van der Waals surface area contributed by atoms with E-state index < -0.39 is 17.4 Å². The zero-order chi connectivity index (χ0) is 9.14. The van der Waals surface area contributed by atoms with Crippen LogP contribution in [0.25, 0.3) is 0 Å². The van der Waals surface area contributed by atoms with E-state index in [0.29, 0.717) is 0 Å². The third kappa shape index (κ3) is 1.32. The minimum Gasteiger partial charge on any atom is -0.505 e. The zero-order valence-corrected chi connectivity index (χ0v) is 5.85. The average Bonchev–Trinajstić information content (AvgIpc) is 2.05. The van der Waals surface area contributed by atoms with Crippen molar-refractivity contribution in [3.05, 3.63) is 23.5 Å². The highest BCUT2D eigenvalue weighted by atomic mass is 16.4. The summed E-state index contributed by atoms with van der Waals surface area (Å²) in [5.41, 5.74) is -0.542. The lowest BCUT2D eigenvalue weighted by Crippen LogP contribution is -2.01. The smallest absolute Gasteiger partial charge is 0.358 e. The fourth-order valence-corrected chi connectivity index (χ4v) is 0.671. The summed E-state index contributed by atoms with van der Waals surface area (Å²) in [5, 5.41) is 25.7. The molecule has 12 heavy (non-hydrogen) atoms. The second-order valence-corrected chi connectivity index (χ2v) is 1.98. The molecule has 1 heterocycles. The normalized spacial score (nSPS) is 8.92. The zero-order valence-electron chi connectivity index (χ0n) is 5.85. The Bertz CT molecular complexity index is 367. The van der Waals surface area contributed by atoms with Gasteiger partial charge in [0.05, 0.1) is 0 Å². The number of aromatic hydroxyl groups is 1. The standard InChI is InChI=1S/C7H4N2O3/c8-3-4-1-2-5(10)6(9-4)7(11)12/h1-2,10H,(H,11,12). The number of aromatic carboxylic acids is 1. The lowest BCUT2D eigenvalue weighted by Gasteiger charge is -1.96. The highest BCUT2D eigenvalue weighted by Crippen LogP contribution is 2.13. The Morgan fingerprint density at radius 1 is 1.58 bits per heavy atom. The largest absolute Gasteiger partial charge is 0.505 e. The molecule has 2 N–H and O–H groups in total. The number of nitrogens with zero attached hydrogens (tertiary/aromatic N) is 2. The summed E-state index contributed by atoms with van der Waals surface area (Å²) in [7, 11) is 0. The van der Waals surface area contributed by atoms with E-state index in [2.05, 4.69) is 4.98 Å². The van der Waals surface area contributed by atoms with Crippen molar-refractivity contribution >= 4 is 5.97 Å². The highest BCUT2D eigenvalue weighted by molar-refractivity contribution is 5.88. The Kier molecular flexibility index (Phi) is 1.92. The SMILES string of the molecule is N#Cc1ccc(O)c(C(=O)O)n1. The molecule has 0 saturated carbocycles. The number of carboxylic acid groups (broad SMARTS) is 1. The van der Waals surface area contributed by atoms with Crippen molar-refractivity contribution < 1.29 is 15.0 Å². The minimum atomic E-state index is -1.36. The molecule has 0 unspecified atom stereocenters. The van der Waals surface area contributed by atoms with E-state index in [4.69, 9.17) is 15.5 Å². The van der Waals surface area contributed by atoms with Crippen LogP contribution in [0.1, 0.15) is 16.2 Å².